The lowest BCUT2D eigenvalue weighted by atomic mass is 10.1. The molecule has 1 aromatic heterocycles. The molecule has 0 bridgehead atoms. The van der Waals surface area contributed by atoms with Crippen LogP contribution in [0.2, 0.25) is 0 Å². The Morgan fingerprint density at radius 1 is 1.53 bits per heavy atom. The van der Waals surface area contributed by atoms with E-state index in [-0.39, 0.29) is 17.4 Å². The lowest BCUT2D eigenvalue weighted by Gasteiger charge is -2.19. The van der Waals surface area contributed by atoms with Crippen molar-refractivity contribution in [2.24, 2.45) is 5.92 Å². The summed E-state index contributed by atoms with van der Waals surface area (Å²) in [7, 11) is -3.82. The summed E-state index contributed by atoms with van der Waals surface area (Å²) >= 11 is 0. The van der Waals surface area contributed by atoms with Crippen LogP contribution in [0.15, 0.2) is 17.3 Å². The fraction of sp³-hybridized carbons (Fsp3) is 0.600. The summed E-state index contributed by atoms with van der Waals surface area (Å²) in [5.41, 5.74) is 0. The van der Waals surface area contributed by atoms with E-state index >= 15 is 0 Å². The van der Waals surface area contributed by atoms with Gasteiger partial charge >= 0.3 is 5.97 Å². The first-order chi connectivity index (χ1) is 8.76. The summed E-state index contributed by atoms with van der Waals surface area (Å²) in [5, 5.41) is 21.3. The Balaban J connectivity index is 2.88. The standard InChI is InChI=1S/C10H17N3O5S/c1-7(2)9(6-14)12-19(17,18)8-3-11-13(4-8)5-10(15)16/h3-4,7,9,12,14H,5-6H2,1-2H3,(H,15,16)/t9-/m1/s1. The maximum atomic E-state index is 12.0. The van der Waals surface area contributed by atoms with Crippen LogP contribution in [0.5, 0.6) is 0 Å². The molecule has 1 atom stereocenters. The molecule has 0 amide bonds. The molecule has 8 nitrogen and oxygen atoms in total. The minimum Gasteiger partial charge on any atom is -0.480 e. The minimum atomic E-state index is -3.82. The number of carbonyl (C=O) groups is 1. The predicted molar refractivity (Wildman–Crippen MR) is 65.9 cm³/mol. The molecule has 0 spiro atoms. The van der Waals surface area contributed by atoms with Crippen molar-refractivity contribution in [2.75, 3.05) is 6.61 Å². The molecule has 0 aromatic carbocycles. The molecule has 19 heavy (non-hydrogen) atoms. The van der Waals surface area contributed by atoms with Gasteiger partial charge in [-0.3, -0.25) is 9.48 Å². The second-order valence-electron chi connectivity index (χ2n) is 4.42. The number of aliphatic hydroxyl groups excluding tert-OH is 1. The monoisotopic (exact) mass is 291 g/mol. The average Bonchev–Trinajstić information content (AvgIpc) is 2.73. The van der Waals surface area contributed by atoms with Gasteiger partial charge in [0.25, 0.3) is 0 Å². The van der Waals surface area contributed by atoms with E-state index in [0.29, 0.717) is 0 Å². The topological polar surface area (TPSA) is 122 Å². The zero-order chi connectivity index (χ0) is 14.6. The van der Waals surface area contributed by atoms with Crippen molar-refractivity contribution in [3.05, 3.63) is 12.4 Å². The van der Waals surface area contributed by atoms with Gasteiger partial charge in [-0.15, -0.1) is 0 Å². The maximum absolute atomic E-state index is 12.0. The molecule has 1 aromatic rings. The molecule has 0 saturated carbocycles. The molecule has 1 rings (SSSR count). The van der Waals surface area contributed by atoms with Crippen LogP contribution in [-0.4, -0.2) is 47.0 Å². The second-order valence-corrected chi connectivity index (χ2v) is 6.14. The third-order valence-electron chi connectivity index (χ3n) is 2.53. The van der Waals surface area contributed by atoms with Crippen LogP contribution in [0.4, 0.5) is 0 Å². The van der Waals surface area contributed by atoms with Gasteiger partial charge in [0.05, 0.1) is 12.8 Å². The smallest absolute Gasteiger partial charge is 0.325 e. The highest BCUT2D eigenvalue weighted by atomic mass is 32.2. The van der Waals surface area contributed by atoms with Gasteiger partial charge in [0.15, 0.2) is 0 Å². The van der Waals surface area contributed by atoms with Gasteiger partial charge in [-0.05, 0) is 5.92 Å². The number of carboxylic acid groups (broad SMARTS) is 1. The highest BCUT2D eigenvalue weighted by Crippen LogP contribution is 2.10. The van der Waals surface area contributed by atoms with Crippen molar-refractivity contribution < 1.29 is 23.4 Å². The highest BCUT2D eigenvalue weighted by molar-refractivity contribution is 7.89. The number of nitrogens with one attached hydrogen (secondary N) is 1. The first kappa shape index (κ1) is 15.6. The Bertz CT molecular complexity index is 537. The zero-order valence-corrected chi connectivity index (χ0v) is 11.5. The van der Waals surface area contributed by atoms with E-state index in [9.17, 15) is 13.2 Å². The number of hydrogen-bond acceptors (Lipinski definition) is 5. The number of nitrogens with zero attached hydrogens (tertiary/aromatic N) is 2. The largest absolute Gasteiger partial charge is 0.480 e. The van der Waals surface area contributed by atoms with E-state index in [0.717, 1.165) is 17.1 Å². The first-order valence-electron chi connectivity index (χ1n) is 5.63. The number of hydrogen-bond donors (Lipinski definition) is 3. The quantitative estimate of drug-likeness (QED) is 0.608. The van der Waals surface area contributed by atoms with Crippen LogP contribution in [0.1, 0.15) is 13.8 Å². The summed E-state index contributed by atoms with van der Waals surface area (Å²) in [4.78, 5) is 10.4. The van der Waals surface area contributed by atoms with Crippen LogP contribution in [0.25, 0.3) is 0 Å². The maximum Gasteiger partial charge on any atom is 0.325 e. The highest BCUT2D eigenvalue weighted by Gasteiger charge is 2.23. The van der Waals surface area contributed by atoms with Crippen molar-refractivity contribution in [1.29, 1.82) is 0 Å². The molecular formula is C10H17N3O5S. The van der Waals surface area contributed by atoms with Crippen molar-refractivity contribution in [3.63, 3.8) is 0 Å². The molecule has 0 radical (unpaired) electrons. The fourth-order valence-corrected chi connectivity index (χ4v) is 2.69. The number of carboxylic acids is 1. The summed E-state index contributed by atoms with van der Waals surface area (Å²) in [6, 6.07) is -0.604. The average molecular weight is 291 g/mol. The van der Waals surface area contributed by atoms with Gasteiger partial charge in [-0.1, -0.05) is 13.8 Å². The lowest BCUT2D eigenvalue weighted by Crippen LogP contribution is -2.40. The summed E-state index contributed by atoms with van der Waals surface area (Å²) in [5.74, 6) is -1.19. The Labute approximate surface area is 111 Å². The second kappa shape index (κ2) is 6.13. The molecule has 108 valence electrons. The van der Waals surface area contributed by atoms with E-state index in [2.05, 4.69) is 9.82 Å². The van der Waals surface area contributed by atoms with Gasteiger partial charge in [-0.2, -0.15) is 5.10 Å². The Morgan fingerprint density at radius 3 is 2.63 bits per heavy atom. The van der Waals surface area contributed by atoms with Crippen LogP contribution in [-0.2, 0) is 21.4 Å². The third-order valence-corrected chi connectivity index (χ3v) is 3.97. The summed E-state index contributed by atoms with van der Waals surface area (Å²) in [6.07, 6.45) is 2.20. The van der Waals surface area contributed by atoms with Crippen LogP contribution >= 0.6 is 0 Å². The minimum absolute atomic E-state index is 0.0751. The predicted octanol–water partition coefficient (Wildman–Crippen LogP) is -0.737. The Hall–Kier alpha value is -1.45. The molecule has 0 aliphatic rings. The third kappa shape index (κ3) is 4.30. The molecule has 9 heteroatoms. The number of sulfonamides is 1. The molecular weight excluding hydrogens is 274 g/mol. The van der Waals surface area contributed by atoms with Crippen LogP contribution < -0.4 is 4.72 Å². The SMILES string of the molecule is CC(C)[C@@H](CO)NS(=O)(=O)c1cnn(CC(=O)O)c1. The molecule has 3 N–H and O–H groups in total. The van der Waals surface area contributed by atoms with Crippen LogP contribution in [0.3, 0.4) is 0 Å². The first-order valence-corrected chi connectivity index (χ1v) is 7.12. The van der Waals surface area contributed by atoms with Gasteiger partial charge < -0.3 is 10.2 Å². The van der Waals surface area contributed by atoms with Crippen molar-refractivity contribution in [1.82, 2.24) is 14.5 Å². The van der Waals surface area contributed by atoms with Crippen molar-refractivity contribution in [2.45, 2.75) is 31.3 Å². The molecule has 0 saturated heterocycles. The summed E-state index contributed by atoms with van der Waals surface area (Å²) in [6.45, 7) is 2.82. The normalized spacial score (nSPS) is 13.7. The summed E-state index contributed by atoms with van der Waals surface area (Å²) < 4.78 is 27.3. The number of aliphatic hydroxyl groups is 1. The van der Waals surface area contributed by atoms with E-state index in [4.69, 9.17) is 10.2 Å². The number of rotatable bonds is 7. The molecule has 0 aliphatic heterocycles. The number of aromatic nitrogens is 2. The van der Waals surface area contributed by atoms with Gasteiger partial charge in [-0.25, -0.2) is 13.1 Å². The molecule has 0 unspecified atom stereocenters. The number of aliphatic carboxylic acids is 1. The lowest BCUT2D eigenvalue weighted by molar-refractivity contribution is -0.137. The van der Waals surface area contributed by atoms with E-state index in [1.54, 1.807) is 13.8 Å². The fourth-order valence-electron chi connectivity index (χ4n) is 1.36. The van der Waals surface area contributed by atoms with Gasteiger partial charge in [0, 0.05) is 12.2 Å². The van der Waals surface area contributed by atoms with E-state index < -0.39 is 28.6 Å². The van der Waals surface area contributed by atoms with E-state index in [1.165, 1.54) is 0 Å². The van der Waals surface area contributed by atoms with Crippen LogP contribution in [0, 0.1) is 5.92 Å². The van der Waals surface area contributed by atoms with E-state index in [1.807, 2.05) is 0 Å². The Kier molecular flexibility index (Phi) is 5.04. The molecule has 0 aliphatic carbocycles. The van der Waals surface area contributed by atoms with Gasteiger partial charge in [0.1, 0.15) is 11.4 Å². The molecule has 0 fully saturated rings. The Morgan fingerprint density at radius 2 is 2.16 bits per heavy atom. The van der Waals surface area contributed by atoms with Gasteiger partial charge in [0.2, 0.25) is 10.0 Å². The van der Waals surface area contributed by atoms with Crippen molar-refractivity contribution >= 4 is 16.0 Å². The zero-order valence-electron chi connectivity index (χ0n) is 10.6. The van der Waals surface area contributed by atoms with Crippen molar-refractivity contribution in [3.8, 4) is 0 Å². The molecule has 1 heterocycles.